The van der Waals surface area contributed by atoms with Gasteiger partial charge in [-0.1, -0.05) is 103 Å². The van der Waals surface area contributed by atoms with Gasteiger partial charge in [0.05, 0.1) is 13.0 Å². The second-order valence-corrected chi connectivity index (χ2v) is 9.24. The van der Waals surface area contributed by atoms with Crippen LogP contribution in [0.5, 0.6) is 0 Å². The van der Waals surface area contributed by atoms with Crippen LogP contribution in [0.3, 0.4) is 0 Å². The molecule has 0 radical (unpaired) electrons. The fourth-order valence-electron chi connectivity index (χ4n) is 4.16. The Hall–Kier alpha value is -4.44. The zero-order chi connectivity index (χ0) is 26.0. The van der Waals surface area contributed by atoms with Crippen molar-refractivity contribution < 1.29 is 9.59 Å². The van der Waals surface area contributed by atoms with Crippen molar-refractivity contribution in [3.8, 4) is 0 Å². The van der Waals surface area contributed by atoms with Crippen molar-refractivity contribution in [1.82, 2.24) is 4.90 Å². The summed E-state index contributed by atoms with van der Waals surface area (Å²) in [5.41, 5.74) is 5.98. The zero-order valence-corrected chi connectivity index (χ0v) is 21.4. The predicted octanol–water partition coefficient (Wildman–Crippen LogP) is 6.44. The smallest absolute Gasteiger partial charge is 0.251 e. The average Bonchev–Trinajstić information content (AvgIpc) is 2.92. The van der Waals surface area contributed by atoms with E-state index in [4.69, 9.17) is 0 Å². The lowest BCUT2D eigenvalue weighted by atomic mass is 10.1. The van der Waals surface area contributed by atoms with Gasteiger partial charge in [0.2, 0.25) is 5.91 Å². The molecule has 0 saturated carbocycles. The van der Waals surface area contributed by atoms with Gasteiger partial charge in [-0.05, 0) is 47.4 Å². The summed E-state index contributed by atoms with van der Waals surface area (Å²) in [7, 11) is 1.82. The van der Waals surface area contributed by atoms with Gasteiger partial charge in [-0.15, -0.1) is 0 Å². The molecule has 2 amide bonds. The van der Waals surface area contributed by atoms with Gasteiger partial charge in [-0.25, -0.2) is 0 Å². The van der Waals surface area contributed by atoms with Gasteiger partial charge < -0.3 is 9.80 Å². The quantitative estimate of drug-likeness (QED) is 0.254. The highest BCUT2D eigenvalue weighted by Gasteiger charge is 2.16. The SMILES string of the molecule is Cc1cccc(CN(C(=O)C=Cc2ccccc2)c2ccc(CC(=O)N(C)Cc3ccccc3)cc2)c1. The topological polar surface area (TPSA) is 40.6 Å². The third kappa shape index (κ3) is 7.52. The van der Waals surface area contributed by atoms with Crippen molar-refractivity contribution in [2.45, 2.75) is 26.4 Å². The van der Waals surface area contributed by atoms with Crippen LogP contribution < -0.4 is 4.90 Å². The van der Waals surface area contributed by atoms with Crippen LogP contribution in [0.1, 0.15) is 27.8 Å². The van der Waals surface area contributed by atoms with E-state index in [1.807, 2.05) is 123 Å². The predicted molar refractivity (Wildman–Crippen MR) is 151 cm³/mol. The van der Waals surface area contributed by atoms with Gasteiger partial charge in [-0.3, -0.25) is 9.59 Å². The molecule has 0 N–H and O–H groups in total. The molecule has 4 aromatic rings. The van der Waals surface area contributed by atoms with E-state index in [0.717, 1.165) is 33.5 Å². The highest BCUT2D eigenvalue weighted by atomic mass is 16.2. The minimum Gasteiger partial charge on any atom is -0.341 e. The van der Waals surface area contributed by atoms with Gasteiger partial charge >= 0.3 is 0 Å². The first kappa shape index (κ1) is 25.6. The fourth-order valence-corrected chi connectivity index (χ4v) is 4.16. The fraction of sp³-hybridized carbons (Fsp3) is 0.152. The van der Waals surface area contributed by atoms with E-state index in [-0.39, 0.29) is 11.8 Å². The zero-order valence-electron chi connectivity index (χ0n) is 21.4. The molecule has 0 aromatic heterocycles. The lowest BCUT2D eigenvalue weighted by molar-refractivity contribution is -0.129. The van der Waals surface area contributed by atoms with Crippen molar-refractivity contribution in [3.63, 3.8) is 0 Å². The molecular formula is C33H32N2O2. The minimum atomic E-state index is -0.100. The molecule has 0 unspecified atom stereocenters. The van der Waals surface area contributed by atoms with Gasteiger partial charge in [0.25, 0.3) is 5.91 Å². The molecule has 186 valence electrons. The first-order chi connectivity index (χ1) is 18.0. The highest BCUT2D eigenvalue weighted by molar-refractivity contribution is 6.03. The molecule has 0 heterocycles. The maximum absolute atomic E-state index is 13.3. The Labute approximate surface area is 219 Å². The molecule has 0 fully saturated rings. The number of amides is 2. The van der Waals surface area contributed by atoms with Crippen LogP contribution in [0.15, 0.2) is 115 Å². The normalized spacial score (nSPS) is 10.9. The molecule has 4 aromatic carbocycles. The highest BCUT2D eigenvalue weighted by Crippen LogP contribution is 2.21. The van der Waals surface area contributed by atoms with Crippen molar-refractivity contribution in [1.29, 1.82) is 0 Å². The largest absolute Gasteiger partial charge is 0.341 e. The second-order valence-electron chi connectivity index (χ2n) is 9.24. The Balaban J connectivity index is 1.49. The number of benzene rings is 4. The second kappa shape index (κ2) is 12.5. The van der Waals surface area contributed by atoms with Crippen molar-refractivity contribution in [3.05, 3.63) is 143 Å². The molecule has 4 heteroatoms. The van der Waals surface area contributed by atoms with E-state index in [1.165, 1.54) is 0 Å². The molecule has 0 aliphatic carbocycles. The van der Waals surface area contributed by atoms with Crippen molar-refractivity contribution in [2.24, 2.45) is 0 Å². The first-order valence-electron chi connectivity index (χ1n) is 12.4. The molecule has 0 saturated heterocycles. The summed E-state index contributed by atoms with van der Waals surface area (Å²) in [4.78, 5) is 29.6. The van der Waals surface area contributed by atoms with Gasteiger partial charge in [0.15, 0.2) is 0 Å². The van der Waals surface area contributed by atoms with E-state index >= 15 is 0 Å². The molecule has 4 nitrogen and oxygen atoms in total. The van der Waals surface area contributed by atoms with Crippen molar-refractivity contribution >= 4 is 23.6 Å². The molecule has 37 heavy (non-hydrogen) atoms. The monoisotopic (exact) mass is 488 g/mol. The van der Waals surface area contributed by atoms with Crippen LogP contribution in [0.4, 0.5) is 5.69 Å². The minimum absolute atomic E-state index is 0.0510. The summed E-state index contributed by atoms with van der Waals surface area (Å²) in [5, 5.41) is 0. The first-order valence-corrected chi connectivity index (χ1v) is 12.4. The number of nitrogens with zero attached hydrogens (tertiary/aromatic N) is 2. The number of anilines is 1. The van der Waals surface area contributed by atoms with Gasteiger partial charge in [0, 0.05) is 25.4 Å². The summed E-state index contributed by atoms with van der Waals surface area (Å²) < 4.78 is 0. The average molecular weight is 489 g/mol. The summed E-state index contributed by atoms with van der Waals surface area (Å²) >= 11 is 0. The summed E-state index contributed by atoms with van der Waals surface area (Å²) in [5.74, 6) is -0.0492. The van der Waals surface area contributed by atoms with E-state index in [2.05, 4.69) is 6.07 Å². The summed E-state index contributed by atoms with van der Waals surface area (Å²) in [6, 6.07) is 35.6. The Kier molecular flexibility index (Phi) is 8.66. The lowest BCUT2D eigenvalue weighted by Gasteiger charge is -2.22. The molecule has 4 rings (SSSR count). The van der Waals surface area contributed by atoms with E-state index < -0.39 is 0 Å². The molecular weight excluding hydrogens is 456 g/mol. The molecule has 0 bridgehead atoms. The molecule has 0 atom stereocenters. The third-order valence-corrected chi connectivity index (χ3v) is 6.20. The molecule has 0 spiro atoms. The number of aryl methyl sites for hydroxylation is 1. The lowest BCUT2D eigenvalue weighted by Crippen LogP contribution is -2.29. The molecule has 0 aliphatic heterocycles. The maximum atomic E-state index is 13.3. The van der Waals surface area contributed by atoms with Crippen LogP contribution in [-0.4, -0.2) is 23.8 Å². The van der Waals surface area contributed by atoms with Gasteiger partial charge in [0.1, 0.15) is 0 Å². The Morgan fingerprint density at radius 3 is 2.03 bits per heavy atom. The standard InChI is InChI=1S/C33H32N2O2/c1-26-10-9-15-30(22-26)25-35(32(36)21-18-27-11-5-3-6-12-27)31-19-16-28(17-20-31)23-33(37)34(2)24-29-13-7-4-8-14-29/h3-22H,23-25H2,1-2H3. The third-order valence-electron chi connectivity index (χ3n) is 6.20. The summed E-state index contributed by atoms with van der Waals surface area (Å²) in [6.45, 7) is 3.08. The van der Waals surface area contributed by atoms with E-state index in [9.17, 15) is 9.59 Å². The number of hydrogen-bond donors (Lipinski definition) is 0. The van der Waals surface area contributed by atoms with Crippen LogP contribution in [0, 0.1) is 6.92 Å². The Bertz CT molecular complexity index is 1350. The Morgan fingerprint density at radius 1 is 0.703 bits per heavy atom. The maximum Gasteiger partial charge on any atom is 0.251 e. The van der Waals surface area contributed by atoms with Crippen LogP contribution in [0.25, 0.3) is 6.08 Å². The number of rotatable bonds is 9. The summed E-state index contributed by atoms with van der Waals surface area (Å²) in [6.07, 6.45) is 3.76. The number of carbonyl (C=O) groups excluding carboxylic acids is 2. The molecule has 0 aliphatic rings. The van der Waals surface area contributed by atoms with E-state index in [1.54, 1.807) is 15.9 Å². The van der Waals surface area contributed by atoms with Crippen LogP contribution in [0.2, 0.25) is 0 Å². The van der Waals surface area contributed by atoms with Gasteiger partial charge in [-0.2, -0.15) is 0 Å². The number of hydrogen-bond acceptors (Lipinski definition) is 2. The van der Waals surface area contributed by atoms with Crippen molar-refractivity contribution in [2.75, 3.05) is 11.9 Å². The number of carbonyl (C=O) groups is 2. The number of likely N-dealkylation sites (N-methyl/N-ethyl adjacent to an activating group) is 1. The van der Waals surface area contributed by atoms with Crippen LogP contribution >= 0.6 is 0 Å². The Morgan fingerprint density at radius 2 is 1.35 bits per heavy atom. The van der Waals surface area contributed by atoms with E-state index in [0.29, 0.717) is 19.5 Å². The van der Waals surface area contributed by atoms with Crippen LogP contribution in [-0.2, 0) is 29.1 Å².